The molecule has 2 saturated carbocycles. The Labute approximate surface area is 167 Å². The summed E-state index contributed by atoms with van der Waals surface area (Å²) in [5, 5.41) is 3.08. The number of allylic oxidation sites excluding steroid dienone is 8. The summed E-state index contributed by atoms with van der Waals surface area (Å²) >= 11 is 0. The fraction of sp³-hybridized carbons (Fsp3) is 0.429. The van der Waals surface area contributed by atoms with Crippen LogP contribution in [0.5, 0.6) is 0 Å². The molecule has 0 heteroatoms. The van der Waals surface area contributed by atoms with Gasteiger partial charge >= 0.3 is 0 Å². The van der Waals surface area contributed by atoms with Crippen LogP contribution in [0.2, 0.25) is 0 Å². The molecule has 1 aromatic rings. The Hall–Kier alpha value is -2.08. The van der Waals surface area contributed by atoms with Gasteiger partial charge in [-0.2, -0.15) is 0 Å². The molecule has 140 valence electrons. The van der Waals surface area contributed by atoms with Crippen LogP contribution in [0.1, 0.15) is 61.5 Å². The summed E-state index contributed by atoms with van der Waals surface area (Å²) in [6.45, 7) is 0. The molecule has 28 heavy (non-hydrogen) atoms. The lowest BCUT2D eigenvalue weighted by molar-refractivity contribution is 0.275. The van der Waals surface area contributed by atoms with Crippen molar-refractivity contribution in [3.05, 3.63) is 81.3 Å². The molecule has 0 spiro atoms. The molecule has 0 heterocycles. The predicted molar refractivity (Wildman–Crippen MR) is 116 cm³/mol. The normalized spacial score (nSPS) is 38.6. The molecule has 7 rings (SSSR count). The maximum Gasteiger partial charge on any atom is -0.00296 e. The quantitative estimate of drug-likeness (QED) is 0.588. The van der Waals surface area contributed by atoms with Crippen molar-refractivity contribution in [2.24, 2.45) is 23.7 Å². The first-order valence-corrected chi connectivity index (χ1v) is 11.5. The molecule has 0 amide bonds. The highest BCUT2D eigenvalue weighted by Gasteiger charge is 2.41. The van der Waals surface area contributed by atoms with E-state index in [2.05, 4.69) is 60.7 Å². The number of fused-ring (bicyclic) bond motifs is 4. The molecule has 0 nitrogen and oxygen atoms in total. The highest BCUT2D eigenvalue weighted by molar-refractivity contribution is 5.63. The maximum absolute atomic E-state index is 2.61. The largest absolute Gasteiger partial charge is 0.0808 e. The smallest absolute Gasteiger partial charge is 0.00296 e. The average Bonchev–Trinajstić information content (AvgIpc) is 2.74. The average molecular weight is 365 g/mol. The number of hydrogen-bond donors (Lipinski definition) is 0. The minimum absolute atomic E-state index is 0.728. The van der Waals surface area contributed by atoms with Crippen molar-refractivity contribution in [1.29, 1.82) is 0 Å². The van der Waals surface area contributed by atoms with Crippen molar-refractivity contribution in [2.45, 2.75) is 50.4 Å². The van der Waals surface area contributed by atoms with Crippen LogP contribution in [0, 0.1) is 23.7 Å². The zero-order valence-corrected chi connectivity index (χ0v) is 16.5. The van der Waals surface area contributed by atoms with E-state index in [-0.39, 0.29) is 0 Å². The van der Waals surface area contributed by atoms with Crippen LogP contribution < -0.4 is 10.4 Å². The monoisotopic (exact) mass is 364 g/mol. The van der Waals surface area contributed by atoms with Crippen molar-refractivity contribution in [1.82, 2.24) is 0 Å². The Kier molecular flexibility index (Phi) is 3.23. The summed E-state index contributed by atoms with van der Waals surface area (Å²) in [5.41, 5.74) is 6.50. The van der Waals surface area contributed by atoms with E-state index in [0.29, 0.717) is 0 Å². The first kappa shape index (κ1) is 15.8. The second-order valence-electron chi connectivity index (χ2n) is 9.96. The SMILES string of the molecule is C1=CC2CCCC3c4cc5c(cc4=CC(=C1)C23)C1CCCC2C=CC=C(C=5)C21. The van der Waals surface area contributed by atoms with E-state index in [1.54, 1.807) is 22.3 Å². The number of hydrogen-bond acceptors (Lipinski definition) is 0. The summed E-state index contributed by atoms with van der Waals surface area (Å²) in [4.78, 5) is 0. The van der Waals surface area contributed by atoms with E-state index in [1.807, 2.05) is 0 Å². The van der Waals surface area contributed by atoms with Gasteiger partial charge in [-0.3, -0.25) is 0 Å². The van der Waals surface area contributed by atoms with E-state index in [1.165, 1.54) is 49.0 Å². The third-order valence-corrected chi connectivity index (χ3v) is 8.69. The summed E-state index contributed by atoms with van der Waals surface area (Å²) in [6.07, 6.45) is 27.7. The molecule has 0 saturated heterocycles. The molecule has 1 aromatic carbocycles. The molecule has 2 fully saturated rings. The lowest BCUT2D eigenvalue weighted by Crippen LogP contribution is -2.40. The first-order valence-electron chi connectivity index (χ1n) is 11.5. The summed E-state index contributed by atoms with van der Waals surface area (Å²) in [6, 6.07) is 5.23. The molecule has 6 atom stereocenters. The Morgan fingerprint density at radius 3 is 1.61 bits per heavy atom. The fourth-order valence-corrected chi connectivity index (χ4v) is 7.60. The van der Waals surface area contributed by atoms with Gasteiger partial charge in [-0.15, -0.1) is 0 Å². The van der Waals surface area contributed by atoms with E-state index in [9.17, 15) is 0 Å². The maximum atomic E-state index is 2.61. The molecule has 6 aliphatic carbocycles. The fourth-order valence-electron chi connectivity index (χ4n) is 7.60. The summed E-state index contributed by atoms with van der Waals surface area (Å²) in [5.74, 6) is 4.44. The molecule has 0 aliphatic heterocycles. The van der Waals surface area contributed by atoms with Gasteiger partial charge in [0.1, 0.15) is 0 Å². The van der Waals surface area contributed by atoms with Crippen molar-refractivity contribution in [3.8, 4) is 0 Å². The van der Waals surface area contributed by atoms with Gasteiger partial charge in [0.15, 0.2) is 0 Å². The Morgan fingerprint density at radius 2 is 1.11 bits per heavy atom. The topological polar surface area (TPSA) is 0 Å². The second-order valence-corrected chi connectivity index (χ2v) is 9.96. The molecule has 6 aliphatic rings. The third-order valence-electron chi connectivity index (χ3n) is 8.69. The molecular formula is C28H28. The van der Waals surface area contributed by atoms with Gasteiger partial charge in [-0.25, -0.2) is 0 Å². The van der Waals surface area contributed by atoms with Gasteiger partial charge in [0.2, 0.25) is 0 Å². The zero-order valence-electron chi connectivity index (χ0n) is 16.5. The van der Waals surface area contributed by atoms with Crippen molar-refractivity contribution < 1.29 is 0 Å². The summed E-state index contributed by atoms with van der Waals surface area (Å²) < 4.78 is 0. The predicted octanol–water partition coefficient (Wildman–Crippen LogP) is 5.27. The highest BCUT2D eigenvalue weighted by atomic mass is 14.4. The van der Waals surface area contributed by atoms with Crippen molar-refractivity contribution in [2.75, 3.05) is 0 Å². The van der Waals surface area contributed by atoms with Crippen LogP contribution in [-0.2, 0) is 0 Å². The Balaban J connectivity index is 1.46. The van der Waals surface area contributed by atoms with Crippen LogP contribution in [-0.4, -0.2) is 0 Å². The second kappa shape index (κ2) is 5.72. The van der Waals surface area contributed by atoms with E-state index in [0.717, 1.165) is 35.5 Å². The van der Waals surface area contributed by atoms with Gasteiger partial charge in [-0.05, 0) is 93.9 Å². The number of benzene rings is 1. The van der Waals surface area contributed by atoms with Crippen molar-refractivity contribution in [3.63, 3.8) is 0 Å². The van der Waals surface area contributed by atoms with Crippen LogP contribution in [0.25, 0.3) is 12.2 Å². The molecule has 0 bridgehead atoms. The Bertz CT molecular complexity index is 1020. The van der Waals surface area contributed by atoms with E-state index >= 15 is 0 Å². The van der Waals surface area contributed by atoms with Gasteiger partial charge in [-0.1, -0.05) is 73.6 Å². The standard InChI is InChI=1S/C28H28/c1-5-17-7-3-11-23-25-16-22-14-20-10-2-6-18-8-4-12-24(28(18)20)26(22)15-21(25)13-19(9-1)27(17)23/h1-2,5-6,9-10,13-18,23-24,27-28H,3-4,7-8,11-12H2. The van der Waals surface area contributed by atoms with Crippen LogP contribution in [0.15, 0.2) is 59.7 Å². The Morgan fingerprint density at radius 1 is 0.607 bits per heavy atom. The van der Waals surface area contributed by atoms with Gasteiger partial charge in [0.05, 0.1) is 0 Å². The lowest BCUT2D eigenvalue weighted by atomic mass is 9.60. The van der Waals surface area contributed by atoms with Gasteiger partial charge in [0.25, 0.3) is 0 Å². The van der Waals surface area contributed by atoms with Crippen LogP contribution in [0.3, 0.4) is 0 Å². The van der Waals surface area contributed by atoms with E-state index in [4.69, 9.17) is 0 Å². The minimum Gasteiger partial charge on any atom is -0.0808 e. The third kappa shape index (κ3) is 2.07. The van der Waals surface area contributed by atoms with E-state index < -0.39 is 0 Å². The lowest BCUT2D eigenvalue weighted by Gasteiger charge is -2.44. The summed E-state index contributed by atoms with van der Waals surface area (Å²) in [7, 11) is 0. The molecule has 0 aromatic heterocycles. The molecule has 0 radical (unpaired) electrons. The van der Waals surface area contributed by atoms with Gasteiger partial charge < -0.3 is 0 Å². The highest BCUT2D eigenvalue weighted by Crippen LogP contribution is 2.50. The molecular weight excluding hydrogens is 336 g/mol. The number of rotatable bonds is 0. The van der Waals surface area contributed by atoms with Gasteiger partial charge in [0, 0.05) is 0 Å². The molecule has 6 unspecified atom stereocenters. The van der Waals surface area contributed by atoms with Crippen molar-refractivity contribution >= 4 is 12.2 Å². The van der Waals surface area contributed by atoms with Crippen LogP contribution >= 0.6 is 0 Å². The zero-order chi connectivity index (χ0) is 18.2. The minimum atomic E-state index is 0.728. The molecule has 0 N–H and O–H groups in total. The first-order chi connectivity index (χ1) is 13.9. The van der Waals surface area contributed by atoms with Crippen LogP contribution in [0.4, 0.5) is 0 Å².